The molecule has 258 valence electrons. The normalized spacial score (nSPS) is 21.2. The Bertz CT molecular complexity index is 1820. The van der Waals surface area contributed by atoms with Gasteiger partial charge in [0.25, 0.3) is 5.91 Å². The molecular formula is C37H39N7O6. The third kappa shape index (κ3) is 8.35. The van der Waals surface area contributed by atoms with Gasteiger partial charge in [-0.25, -0.2) is 4.98 Å². The molecule has 2 bridgehead atoms. The average Bonchev–Trinajstić information content (AvgIpc) is 3.69. The maximum atomic E-state index is 13.7. The van der Waals surface area contributed by atoms with Crippen LogP contribution in [0.25, 0.3) is 5.69 Å². The third-order valence-electron chi connectivity index (χ3n) is 8.79. The summed E-state index contributed by atoms with van der Waals surface area (Å²) in [5.41, 5.74) is 1.64. The van der Waals surface area contributed by atoms with Gasteiger partial charge >= 0.3 is 0 Å². The minimum absolute atomic E-state index is 0.122. The van der Waals surface area contributed by atoms with Gasteiger partial charge in [0.2, 0.25) is 23.6 Å². The van der Waals surface area contributed by atoms with E-state index >= 15 is 0 Å². The Labute approximate surface area is 289 Å². The Hall–Kier alpha value is -5.98. The lowest BCUT2D eigenvalue weighted by atomic mass is 10.0. The third-order valence-corrected chi connectivity index (χ3v) is 8.79. The number of carbonyl (C=O) groups is 5. The summed E-state index contributed by atoms with van der Waals surface area (Å²) in [7, 11) is 0. The second-order valence-corrected chi connectivity index (χ2v) is 12.5. The molecule has 1 aliphatic carbocycles. The molecule has 1 saturated carbocycles. The van der Waals surface area contributed by atoms with Crippen molar-refractivity contribution in [3.8, 4) is 11.4 Å². The molecule has 1 spiro atoms. The van der Waals surface area contributed by atoms with Crippen LogP contribution in [0, 0.1) is 0 Å². The highest BCUT2D eigenvalue weighted by atomic mass is 16.5. The predicted octanol–water partition coefficient (Wildman–Crippen LogP) is 1.60. The fourth-order valence-corrected chi connectivity index (χ4v) is 5.70. The number of nitrogens with one attached hydrogen (secondary N) is 5. The van der Waals surface area contributed by atoms with Gasteiger partial charge in [-0.1, -0.05) is 42.5 Å². The van der Waals surface area contributed by atoms with Gasteiger partial charge in [0.15, 0.2) is 0 Å². The zero-order valence-electron chi connectivity index (χ0n) is 27.6. The summed E-state index contributed by atoms with van der Waals surface area (Å²) < 4.78 is 7.61. The van der Waals surface area contributed by atoms with E-state index in [1.807, 2.05) is 30.3 Å². The number of fused-ring (bicyclic) bond motifs is 15. The first-order valence-electron chi connectivity index (χ1n) is 16.6. The van der Waals surface area contributed by atoms with Gasteiger partial charge in [0, 0.05) is 36.5 Å². The van der Waals surface area contributed by atoms with Gasteiger partial charge < -0.3 is 35.9 Å². The fourth-order valence-electron chi connectivity index (χ4n) is 5.70. The molecule has 3 aliphatic rings. The number of ether oxygens (including phenoxy) is 1. The highest BCUT2D eigenvalue weighted by Gasteiger charge is 2.51. The summed E-state index contributed by atoms with van der Waals surface area (Å²) in [6, 6.07) is 20.0. The second-order valence-electron chi connectivity index (χ2n) is 12.5. The summed E-state index contributed by atoms with van der Waals surface area (Å²) in [5.74, 6) is -1.91. The van der Waals surface area contributed by atoms with E-state index in [0.717, 1.165) is 16.8 Å². The lowest BCUT2D eigenvalue weighted by molar-refractivity contribution is -0.134. The number of carbonyl (C=O) groups excluding carboxylic acids is 5. The van der Waals surface area contributed by atoms with E-state index < -0.39 is 47.3 Å². The topological polar surface area (TPSA) is 173 Å². The Morgan fingerprint density at radius 2 is 1.66 bits per heavy atom. The highest BCUT2D eigenvalue weighted by Crippen LogP contribution is 2.35. The van der Waals surface area contributed by atoms with Gasteiger partial charge in [-0.15, -0.1) is 0 Å². The van der Waals surface area contributed by atoms with Crippen LogP contribution in [0.4, 0.5) is 0 Å². The number of aromatic nitrogens is 2. The Morgan fingerprint density at radius 1 is 0.920 bits per heavy atom. The van der Waals surface area contributed by atoms with E-state index in [9.17, 15) is 24.0 Å². The first-order valence-corrected chi connectivity index (χ1v) is 16.6. The van der Waals surface area contributed by atoms with Crippen LogP contribution < -0.4 is 31.3 Å². The van der Waals surface area contributed by atoms with Crippen molar-refractivity contribution in [1.29, 1.82) is 0 Å². The minimum atomic E-state index is -1.07. The molecule has 2 aliphatic heterocycles. The van der Waals surface area contributed by atoms with Crippen molar-refractivity contribution in [3.05, 3.63) is 114 Å². The van der Waals surface area contributed by atoms with Crippen LogP contribution in [-0.4, -0.2) is 75.9 Å². The summed E-state index contributed by atoms with van der Waals surface area (Å²) in [6.45, 7) is 1.92. The maximum absolute atomic E-state index is 13.7. The van der Waals surface area contributed by atoms with E-state index in [-0.39, 0.29) is 31.9 Å². The Balaban J connectivity index is 1.22. The lowest BCUT2D eigenvalue weighted by Crippen LogP contribution is -2.59. The number of nitrogens with zero attached hydrogens (tertiary/aromatic N) is 2. The van der Waals surface area contributed by atoms with Crippen molar-refractivity contribution in [2.45, 2.75) is 56.3 Å². The molecule has 1 fully saturated rings. The van der Waals surface area contributed by atoms with E-state index in [0.29, 0.717) is 24.2 Å². The molecule has 7 rings (SSSR count). The second kappa shape index (κ2) is 15.1. The van der Waals surface area contributed by atoms with Crippen molar-refractivity contribution >= 4 is 29.5 Å². The maximum Gasteiger partial charge on any atom is 0.251 e. The van der Waals surface area contributed by atoms with Crippen LogP contribution in [0.3, 0.4) is 0 Å². The van der Waals surface area contributed by atoms with E-state index in [2.05, 4.69) is 31.6 Å². The molecule has 50 heavy (non-hydrogen) atoms. The molecule has 0 unspecified atom stereocenters. The molecule has 1 aromatic heterocycles. The van der Waals surface area contributed by atoms with E-state index in [4.69, 9.17) is 4.74 Å². The van der Waals surface area contributed by atoms with Gasteiger partial charge in [-0.2, -0.15) is 0 Å². The molecule has 0 radical (unpaired) electrons. The van der Waals surface area contributed by atoms with Crippen molar-refractivity contribution in [3.63, 3.8) is 0 Å². The van der Waals surface area contributed by atoms with E-state index in [1.165, 1.54) is 6.92 Å². The molecular weight excluding hydrogens is 638 g/mol. The predicted molar refractivity (Wildman–Crippen MR) is 183 cm³/mol. The zero-order valence-corrected chi connectivity index (χ0v) is 27.6. The van der Waals surface area contributed by atoms with Gasteiger partial charge in [0.05, 0.1) is 12.9 Å². The fraction of sp³-hybridized carbons (Fsp3) is 0.297. The first kappa shape index (κ1) is 33.9. The number of benzene rings is 3. The van der Waals surface area contributed by atoms with Crippen LogP contribution >= 0.6 is 0 Å². The summed E-state index contributed by atoms with van der Waals surface area (Å²) >= 11 is 0. The van der Waals surface area contributed by atoms with Crippen LogP contribution in [-0.2, 0) is 32.0 Å². The molecule has 3 heterocycles. The van der Waals surface area contributed by atoms with Crippen molar-refractivity contribution in [2.24, 2.45) is 0 Å². The quantitative estimate of drug-likeness (QED) is 0.200. The standard InChI is InChI=1S/C37H39N7O6/c1-24-32(45)41-31(21-25-5-3-2-4-6-25)35(48)43-37(15-16-37)36(49)39-18-20-50-29-13-7-26(8-14-29)22-30(34(47)40-24)42-33(46)27-9-11-28(12-10-27)44-19-17-38-23-44/h2-14,17,19,23-24,30-31H,15-16,18,20-22H2,1H3,(H,39,49)(H,40,47)(H,41,45)(H,42,46)(H,43,48)/t24-,30-,31+/m0/s1. The number of rotatable bonds is 5. The number of hydrogen-bond acceptors (Lipinski definition) is 7. The van der Waals surface area contributed by atoms with Crippen LogP contribution in [0.2, 0.25) is 0 Å². The van der Waals surface area contributed by atoms with Crippen molar-refractivity contribution in [1.82, 2.24) is 36.1 Å². The molecule has 3 atom stereocenters. The minimum Gasteiger partial charge on any atom is -0.492 e. The molecule has 4 aromatic rings. The SMILES string of the molecule is C[C@@H]1NC(=O)[C@@H](NC(=O)c2ccc(-n3ccnc3)cc2)Cc2ccc(cc2)OCCNC(=O)C2(CC2)NC(=O)[C@@H](Cc2ccccc2)NC1=O. The van der Waals surface area contributed by atoms with E-state index in [1.54, 1.807) is 71.8 Å². The zero-order chi connectivity index (χ0) is 35.1. The monoisotopic (exact) mass is 677 g/mol. The Kier molecular flexibility index (Phi) is 10.2. The average molecular weight is 678 g/mol. The molecule has 13 nitrogen and oxygen atoms in total. The number of imidazole rings is 1. The molecule has 0 saturated heterocycles. The van der Waals surface area contributed by atoms with Crippen molar-refractivity contribution < 1.29 is 28.7 Å². The smallest absolute Gasteiger partial charge is 0.251 e. The van der Waals surface area contributed by atoms with Crippen LogP contribution in [0.5, 0.6) is 5.75 Å². The highest BCUT2D eigenvalue weighted by molar-refractivity contribution is 5.99. The van der Waals surface area contributed by atoms with Crippen molar-refractivity contribution in [2.75, 3.05) is 13.2 Å². The molecule has 5 N–H and O–H groups in total. The number of hydrogen-bond donors (Lipinski definition) is 5. The van der Waals surface area contributed by atoms with Gasteiger partial charge in [0.1, 0.15) is 36.0 Å². The van der Waals surface area contributed by atoms with Crippen LogP contribution in [0.1, 0.15) is 41.3 Å². The largest absolute Gasteiger partial charge is 0.492 e. The Morgan fingerprint density at radius 3 is 2.34 bits per heavy atom. The first-order chi connectivity index (χ1) is 24.2. The molecule has 13 heteroatoms. The summed E-state index contributed by atoms with van der Waals surface area (Å²) in [5, 5.41) is 14.0. The van der Waals surface area contributed by atoms with Gasteiger partial charge in [-0.05, 0) is 67.3 Å². The lowest BCUT2D eigenvalue weighted by Gasteiger charge is -2.25. The molecule has 5 amide bonds. The molecule has 3 aromatic carbocycles. The summed E-state index contributed by atoms with van der Waals surface area (Å²) in [4.78, 5) is 71.4. The number of amides is 5. The summed E-state index contributed by atoms with van der Waals surface area (Å²) in [6.07, 6.45) is 6.31. The van der Waals surface area contributed by atoms with Gasteiger partial charge in [-0.3, -0.25) is 24.0 Å². The van der Waals surface area contributed by atoms with Crippen LogP contribution in [0.15, 0.2) is 97.6 Å².